The van der Waals surface area contributed by atoms with Crippen LogP contribution in [0.2, 0.25) is 0 Å². The number of guanidine groups is 1. The van der Waals surface area contributed by atoms with E-state index in [0.29, 0.717) is 18.8 Å². The van der Waals surface area contributed by atoms with Crippen molar-refractivity contribution in [1.82, 2.24) is 16.0 Å². The minimum Gasteiger partial charge on any atom is -0.480 e. The molecule has 0 aromatic rings. The molecule has 0 bridgehead atoms. The second kappa shape index (κ2) is 6.09. The molecule has 1 saturated heterocycles. The fourth-order valence-corrected chi connectivity index (χ4v) is 1.71. The summed E-state index contributed by atoms with van der Waals surface area (Å²) in [6, 6.07) is -0.534. The Balaban J connectivity index is 2.25. The number of hydrogen-bond donors (Lipinski definition) is 6. The number of piperazine rings is 1. The van der Waals surface area contributed by atoms with Crippen LogP contribution in [0.25, 0.3) is 0 Å². The largest absolute Gasteiger partial charge is 0.480 e. The SMILES string of the molecule is C=C1N[C@H](C(=O)O)CN[C@@H]1CCCNC(=N)N. The van der Waals surface area contributed by atoms with E-state index in [4.69, 9.17) is 16.2 Å². The molecule has 7 nitrogen and oxygen atoms in total. The summed E-state index contributed by atoms with van der Waals surface area (Å²) in [5.74, 6) is -0.917. The number of hydrogen-bond acceptors (Lipinski definition) is 4. The first-order valence-corrected chi connectivity index (χ1v) is 5.50. The molecule has 1 rings (SSSR count). The average Bonchev–Trinajstić information content (AvgIpc) is 2.25. The lowest BCUT2D eigenvalue weighted by molar-refractivity contribution is -0.139. The zero-order chi connectivity index (χ0) is 12.8. The van der Waals surface area contributed by atoms with Crippen LogP contribution in [0.15, 0.2) is 12.3 Å². The van der Waals surface area contributed by atoms with E-state index in [1.165, 1.54) is 0 Å². The van der Waals surface area contributed by atoms with E-state index >= 15 is 0 Å². The van der Waals surface area contributed by atoms with Gasteiger partial charge in [0.05, 0.1) is 0 Å². The van der Waals surface area contributed by atoms with Crippen molar-refractivity contribution < 1.29 is 9.90 Å². The van der Waals surface area contributed by atoms with E-state index in [0.717, 1.165) is 12.8 Å². The van der Waals surface area contributed by atoms with Crippen molar-refractivity contribution in [2.24, 2.45) is 5.73 Å². The van der Waals surface area contributed by atoms with Gasteiger partial charge < -0.3 is 26.8 Å². The first-order chi connectivity index (χ1) is 8.00. The van der Waals surface area contributed by atoms with Crippen molar-refractivity contribution in [1.29, 1.82) is 5.41 Å². The topological polar surface area (TPSA) is 123 Å². The molecule has 0 aromatic heterocycles. The second-order valence-corrected chi connectivity index (χ2v) is 4.00. The predicted octanol–water partition coefficient (Wildman–Crippen LogP) is -1.22. The molecular formula is C10H19N5O2. The molecule has 0 radical (unpaired) electrons. The van der Waals surface area contributed by atoms with E-state index < -0.39 is 12.0 Å². The van der Waals surface area contributed by atoms with E-state index in [1.807, 2.05) is 0 Å². The fourth-order valence-electron chi connectivity index (χ4n) is 1.71. The van der Waals surface area contributed by atoms with Crippen molar-refractivity contribution >= 4 is 11.9 Å². The van der Waals surface area contributed by atoms with E-state index in [1.54, 1.807) is 0 Å². The van der Waals surface area contributed by atoms with Gasteiger partial charge in [0.15, 0.2) is 5.96 Å². The molecule has 0 spiro atoms. The summed E-state index contributed by atoms with van der Waals surface area (Å²) < 4.78 is 0. The Hall–Kier alpha value is -1.76. The maximum absolute atomic E-state index is 10.8. The third kappa shape index (κ3) is 4.31. The highest BCUT2D eigenvalue weighted by Crippen LogP contribution is 2.09. The van der Waals surface area contributed by atoms with Crippen molar-refractivity contribution in [3.8, 4) is 0 Å². The standard InChI is InChI=1S/C10H19N5O2/c1-6-7(3-2-4-13-10(11)12)14-5-8(15-6)9(16)17/h7-8,14-15H,1-5H2,(H,16,17)(H4,11,12,13)/t7-,8+/m1/s1. The van der Waals surface area contributed by atoms with Gasteiger partial charge in [0.25, 0.3) is 0 Å². The molecule has 17 heavy (non-hydrogen) atoms. The summed E-state index contributed by atoms with van der Waals surface area (Å²) >= 11 is 0. The van der Waals surface area contributed by atoms with Crippen molar-refractivity contribution in [2.45, 2.75) is 24.9 Å². The Morgan fingerprint density at radius 2 is 2.41 bits per heavy atom. The number of nitrogens with two attached hydrogens (primary N) is 1. The van der Waals surface area contributed by atoms with E-state index in [9.17, 15) is 4.79 Å². The minimum atomic E-state index is -0.879. The minimum absolute atomic E-state index is 0.0375. The van der Waals surface area contributed by atoms with Crippen molar-refractivity contribution in [3.63, 3.8) is 0 Å². The van der Waals surface area contributed by atoms with Crippen LogP contribution < -0.4 is 21.7 Å². The number of carbonyl (C=O) groups is 1. The van der Waals surface area contributed by atoms with Gasteiger partial charge >= 0.3 is 5.97 Å². The molecular weight excluding hydrogens is 222 g/mol. The Morgan fingerprint density at radius 3 is 2.94 bits per heavy atom. The van der Waals surface area contributed by atoms with Crippen molar-refractivity contribution in [3.05, 3.63) is 12.3 Å². The highest BCUT2D eigenvalue weighted by Gasteiger charge is 2.26. The molecule has 7 heteroatoms. The van der Waals surface area contributed by atoms with Gasteiger partial charge in [0.1, 0.15) is 6.04 Å². The average molecular weight is 241 g/mol. The molecule has 1 aliphatic heterocycles. The van der Waals surface area contributed by atoms with Gasteiger partial charge in [-0.05, 0) is 12.8 Å². The number of carboxylic acids is 1. The maximum atomic E-state index is 10.8. The van der Waals surface area contributed by atoms with Crippen LogP contribution in [0.1, 0.15) is 12.8 Å². The third-order valence-electron chi connectivity index (χ3n) is 2.63. The summed E-state index contributed by atoms with van der Waals surface area (Å²) in [5, 5.41) is 24.5. The van der Waals surface area contributed by atoms with E-state index in [2.05, 4.69) is 22.5 Å². The first kappa shape index (κ1) is 13.3. The number of carboxylic acid groups (broad SMARTS) is 1. The van der Waals surface area contributed by atoms with Crippen LogP contribution >= 0.6 is 0 Å². The highest BCUT2D eigenvalue weighted by atomic mass is 16.4. The smallest absolute Gasteiger partial charge is 0.327 e. The molecule has 96 valence electrons. The maximum Gasteiger partial charge on any atom is 0.327 e. The number of rotatable bonds is 5. The lowest BCUT2D eigenvalue weighted by Gasteiger charge is -2.31. The molecule has 0 unspecified atom stereocenters. The summed E-state index contributed by atoms with van der Waals surface area (Å²) in [6.45, 7) is 4.83. The van der Waals surface area contributed by atoms with Crippen LogP contribution in [0.4, 0.5) is 0 Å². The van der Waals surface area contributed by atoms with Gasteiger partial charge in [-0.3, -0.25) is 5.41 Å². The zero-order valence-electron chi connectivity index (χ0n) is 9.62. The van der Waals surface area contributed by atoms with Crippen LogP contribution in [-0.2, 0) is 4.79 Å². The van der Waals surface area contributed by atoms with Gasteiger partial charge in [-0.2, -0.15) is 0 Å². The molecule has 0 amide bonds. The predicted molar refractivity (Wildman–Crippen MR) is 64.6 cm³/mol. The Morgan fingerprint density at radius 1 is 1.71 bits per heavy atom. The monoisotopic (exact) mass is 241 g/mol. The van der Waals surface area contributed by atoms with Crippen LogP contribution in [0.5, 0.6) is 0 Å². The molecule has 7 N–H and O–H groups in total. The van der Waals surface area contributed by atoms with Gasteiger partial charge in [0.2, 0.25) is 0 Å². The third-order valence-corrected chi connectivity index (χ3v) is 2.63. The molecule has 1 aliphatic rings. The fraction of sp³-hybridized carbons (Fsp3) is 0.600. The van der Waals surface area contributed by atoms with Crippen LogP contribution in [-0.4, -0.2) is 42.2 Å². The lowest BCUT2D eigenvalue weighted by Crippen LogP contribution is -2.55. The van der Waals surface area contributed by atoms with E-state index in [-0.39, 0.29) is 12.0 Å². The Labute approximate surface area is 100.0 Å². The van der Waals surface area contributed by atoms with Gasteiger partial charge in [-0.25, -0.2) is 4.79 Å². The highest BCUT2D eigenvalue weighted by molar-refractivity contribution is 5.74. The summed E-state index contributed by atoms with van der Waals surface area (Å²) in [7, 11) is 0. The first-order valence-electron chi connectivity index (χ1n) is 5.50. The number of aliphatic carboxylic acids is 1. The molecule has 0 aromatic carbocycles. The zero-order valence-corrected chi connectivity index (χ0v) is 9.62. The normalized spacial score (nSPS) is 23.9. The molecule has 1 fully saturated rings. The van der Waals surface area contributed by atoms with Gasteiger partial charge in [-0.1, -0.05) is 6.58 Å². The van der Waals surface area contributed by atoms with Crippen molar-refractivity contribution in [2.75, 3.05) is 13.1 Å². The molecule has 0 saturated carbocycles. The second-order valence-electron chi connectivity index (χ2n) is 4.00. The quantitative estimate of drug-likeness (QED) is 0.204. The lowest BCUT2D eigenvalue weighted by atomic mass is 10.0. The summed E-state index contributed by atoms with van der Waals surface area (Å²) in [6.07, 6.45) is 1.65. The molecule has 1 heterocycles. The van der Waals surface area contributed by atoms with Gasteiger partial charge in [-0.15, -0.1) is 0 Å². The number of nitrogens with one attached hydrogen (secondary N) is 4. The van der Waals surface area contributed by atoms with Crippen LogP contribution in [0.3, 0.4) is 0 Å². The molecule has 2 atom stereocenters. The Bertz CT molecular complexity index is 318. The summed E-state index contributed by atoms with van der Waals surface area (Å²) in [4.78, 5) is 10.8. The summed E-state index contributed by atoms with van der Waals surface area (Å²) in [5.41, 5.74) is 5.85. The molecule has 0 aliphatic carbocycles. The van der Waals surface area contributed by atoms with Gasteiger partial charge in [0, 0.05) is 24.8 Å². The van der Waals surface area contributed by atoms with Crippen LogP contribution in [0, 0.1) is 5.41 Å². The Kier molecular flexibility index (Phi) is 4.77.